The number of nitrogens with one attached hydrogen (secondary N) is 1. The summed E-state index contributed by atoms with van der Waals surface area (Å²) in [4.78, 5) is 28.1. The first-order valence-corrected chi connectivity index (χ1v) is 9.13. The van der Waals surface area contributed by atoms with E-state index in [1.807, 2.05) is 41.8 Å². The summed E-state index contributed by atoms with van der Waals surface area (Å²) >= 11 is 1.60. The number of rotatable bonds is 3. The lowest BCUT2D eigenvalue weighted by atomic mass is 9.99. The molecule has 1 N–H and O–H groups in total. The zero-order valence-corrected chi connectivity index (χ0v) is 15.0. The lowest BCUT2D eigenvalue weighted by Crippen LogP contribution is -2.43. The first-order chi connectivity index (χ1) is 12.7. The van der Waals surface area contributed by atoms with Gasteiger partial charge < -0.3 is 9.64 Å². The van der Waals surface area contributed by atoms with Crippen molar-refractivity contribution in [3.05, 3.63) is 64.0 Å². The summed E-state index contributed by atoms with van der Waals surface area (Å²) in [6, 6.07) is 12.5. The number of carbonyl (C=O) groups excluding carboxylic acids is 2. The molecule has 0 saturated carbocycles. The number of thiophene rings is 1. The van der Waals surface area contributed by atoms with Crippen molar-refractivity contribution in [3.63, 3.8) is 0 Å². The highest BCUT2D eigenvalue weighted by atomic mass is 32.1. The Bertz CT molecular complexity index is 948. The van der Waals surface area contributed by atoms with Crippen molar-refractivity contribution < 1.29 is 14.3 Å². The lowest BCUT2D eigenvalue weighted by Gasteiger charge is -2.33. The molecule has 6 nitrogen and oxygen atoms in total. The number of hydrogen-bond acceptors (Lipinski definition) is 5. The molecule has 1 aliphatic rings. The lowest BCUT2D eigenvalue weighted by molar-refractivity contribution is -0.146. The van der Waals surface area contributed by atoms with Crippen molar-refractivity contribution in [2.75, 3.05) is 13.7 Å². The maximum atomic E-state index is 13.1. The van der Waals surface area contributed by atoms with E-state index in [2.05, 4.69) is 10.2 Å². The van der Waals surface area contributed by atoms with Crippen LogP contribution in [0, 0.1) is 0 Å². The quantitative estimate of drug-likeness (QED) is 0.722. The number of benzene rings is 1. The summed E-state index contributed by atoms with van der Waals surface area (Å²) in [5.41, 5.74) is 2.82. The van der Waals surface area contributed by atoms with E-state index in [1.165, 1.54) is 7.11 Å². The fourth-order valence-corrected chi connectivity index (χ4v) is 4.15. The highest BCUT2D eigenvalue weighted by Crippen LogP contribution is 2.35. The molecule has 0 fully saturated rings. The zero-order valence-electron chi connectivity index (χ0n) is 14.1. The van der Waals surface area contributed by atoms with Crippen LogP contribution < -0.4 is 0 Å². The van der Waals surface area contributed by atoms with Gasteiger partial charge >= 0.3 is 5.97 Å². The smallest absolute Gasteiger partial charge is 0.333 e. The summed E-state index contributed by atoms with van der Waals surface area (Å²) in [7, 11) is 1.34. The van der Waals surface area contributed by atoms with Gasteiger partial charge in [0.15, 0.2) is 6.04 Å². The van der Waals surface area contributed by atoms with E-state index in [0.717, 1.165) is 22.4 Å². The minimum atomic E-state index is -0.717. The van der Waals surface area contributed by atoms with Crippen molar-refractivity contribution in [2.45, 2.75) is 12.5 Å². The Kier molecular flexibility index (Phi) is 4.30. The maximum absolute atomic E-state index is 13.1. The molecule has 7 heteroatoms. The summed E-state index contributed by atoms with van der Waals surface area (Å²) in [6.07, 6.45) is 0.728. The molecule has 0 radical (unpaired) electrons. The van der Waals surface area contributed by atoms with E-state index >= 15 is 0 Å². The number of aromatic amines is 1. The van der Waals surface area contributed by atoms with Crippen LogP contribution in [-0.2, 0) is 16.0 Å². The predicted molar refractivity (Wildman–Crippen MR) is 97.8 cm³/mol. The standard InChI is InChI=1S/C19H17N3O3S/c1-25-19(24)17-13-8-10-26-16(13)7-9-22(17)18(23)15-11-14(20-21-15)12-5-3-2-4-6-12/h2-6,8,10-11,17H,7,9H2,1H3,(H,20,21). The van der Waals surface area contributed by atoms with Crippen LogP contribution in [0.25, 0.3) is 11.3 Å². The van der Waals surface area contributed by atoms with Crippen molar-refractivity contribution in [1.82, 2.24) is 15.1 Å². The van der Waals surface area contributed by atoms with Crippen molar-refractivity contribution in [3.8, 4) is 11.3 Å². The third-order valence-electron chi connectivity index (χ3n) is 4.53. The highest BCUT2D eigenvalue weighted by molar-refractivity contribution is 7.10. The van der Waals surface area contributed by atoms with Gasteiger partial charge in [0.25, 0.3) is 5.91 Å². The van der Waals surface area contributed by atoms with Gasteiger partial charge in [0.1, 0.15) is 5.69 Å². The fraction of sp³-hybridized carbons (Fsp3) is 0.211. The SMILES string of the molecule is COC(=O)C1c2ccsc2CCN1C(=O)c1cc(-c2ccccc2)n[nH]1. The number of ether oxygens (including phenoxy) is 1. The minimum Gasteiger partial charge on any atom is -0.467 e. The average Bonchev–Trinajstić information content (AvgIpc) is 3.36. The van der Waals surface area contributed by atoms with Gasteiger partial charge in [-0.1, -0.05) is 30.3 Å². The first-order valence-electron chi connectivity index (χ1n) is 8.25. The Morgan fingerprint density at radius 1 is 1.27 bits per heavy atom. The Morgan fingerprint density at radius 2 is 2.08 bits per heavy atom. The normalized spacial score (nSPS) is 16.2. The van der Waals surface area contributed by atoms with Crippen LogP contribution in [0.4, 0.5) is 0 Å². The Labute approximate surface area is 154 Å². The molecule has 132 valence electrons. The average molecular weight is 367 g/mol. The summed E-state index contributed by atoms with van der Waals surface area (Å²) in [5, 5.41) is 8.99. The molecule has 1 amide bonds. The Balaban J connectivity index is 1.65. The number of nitrogens with zero attached hydrogens (tertiary/aromatic N) is 2. The molecule has 1 aromatic carbocycles. The number of aromatic nitrogens is 2. The molecule has 0 spiro atoms. The highest BCUT2D eigenvalue weighted by Gasteiger charge is 2.38. The Morgan fingerprint density at radius 3 is 2.85 bits per heavy atom. The van der Waals surface area contributed by atoms with Crippen LogP contribution in [-0.4, -0.2) is 40.6 Å². The molecule has 3 aromatic rings. The first kappa shape index (κ1) is 16.5. The van der Waals surface area contributed by atoms with Crippen molar-refractivity contribution in [2.24, 2.45) is 0 Å². The molecule has 4 rings (SSSR count). The van der Waals surface area contributed by atoms with Gasteiger partial charge in [-0.3, -0.25) is 9.89 Å². The molecule has 0 bridgehead atoms. The van der Waals surface area contributed by atoms with Gasteiger partial charge in [-0.2, -0.15) is 5.10 Å². The predicted octanol–water partition coefficient (Wildman–Crippen LogP) is 3.05. The van der Waals surface area contributed by atoms with E-state index in [0.29, 0.717) is 17.9 Å². The number of amides is 1. The second-order valence-electron chi connectivity index (χ2n) is 6.01. The molecular weight excluding hydrogens is 350 g/mol. The number of hydrogen-bond donors (Lipinski definition) is 1. The number of carbonyl (C=O) groups is 2. The molecule has 1 aliphatic heterocycles. The second kappa shape index (κ2) is 6.76. The fourth-order valence-electron chi connectivity index (χ4n) is 3.24. The zero-order chi connectivity index (χ0) is 18.1. The third kappa shape index (κ3) is 2.80. The van der Waals surface area contributed by atoms with Crippen molar-refractivity contribution >= 4 is 23.2 Å². The van der Waals surface area contributed by atoms with Gasteiger partial charge in [-0.15, -0.1) is 11.3 Å². The van der Waals surface area contributed by atoms with E-state index in [4.69, 9.17) is 4.74 Å². The van der Waals surface area contributed by atoms with Crippen LogP contribution in [0.3, 0.4) is 0 Å². The van der Waals surface area contributed by atoms with E-state index < -0.39 is 12.0 Å². The molecule has 26 heavy (non-hydrogen) atoms. The van der Waals surface area contributed by atoms with Gasteiger partial charge in [-0.25, -0.2) is 4.79 Å². The van der Waals surface area contributed by atoms with Crippen molar-refractivity contribution in [1.29, 1.82) is 0 Å². The molecule has 2 aromatic heterocycles. The van der Waals surface area contributed by atoms with Crippen LogP contribution in [0.5, 0.6) is 0 Å². The van der Waals surface area contributed by atoms with E-state index in [9.17, 15) is 9.59 Å². The molecule has 0 saturated heterocycles. The molecular formula is C19H17N3O3S. The van der Waals surface area contributed by atoms with Crippen LogP contribution >= 0.6 is 11.3 Å². The number of esters is 1. The monoisotopic (exact) mass is 367 g/mol. The second-order valence-corrected chi connectivity index (χ2v) is 7.01. The van der Waals surface area contributed by atoms with Gasteiger partial charge in [0.05, 0.1) is 12.8 Å². The number of fused-ring (bicyclic) bond motifs is 1. The van der Waals surface area contributed by atoms with E-state index in [1.54, 1.807) is 22.3 Å². The summed E-state index contributed by atoms with van der Waals surface area (Å²) in [5.74, 6) is -0.688. The summed E-state index contributed by atoms with van der Waals surface area (Å²) < 4.78 is 4.95. The van der Waals surface area contributed by atoms with E-state index in [-0.39, 0.29) is 5.91 Å². The number of methoxy groups -OCH3 is 1. The van der Waals surface area contributed by atoms with Gasteiger partial charge in [0, 0.05) is 17.0 Å². The van der Waals surface area contributed by atoms with Crippen LogP contribution in [0.2, 0.25) is 0 Å². The molecule has 0 aliphatic carbocycles. The largest absolute Gasteiger partial charge is 0.467 e. The molecule has 1 atom stereocenters. The molecule has 1 unspecified atom stereocenters. The maximum Gasteiger partial charge on any atom is 0.333 e. The third-order valence-corrected chi connectivity index (χ3v) is 5.53. The van der Waals surface area contributed by atoms with Crippen LogP contribution in [0.15, 0.2) is 47.8 Å². The van der Waals surface area contributed by atoms with Gasteiger partial charge in [0.2, 0.25) is 0 Å². The minimum absolute atomic E-state index is 0.257. The Hall–Kier alpha value is -2.93. The van der Waals surface area contributed by atoms with Gasteiger partial charge in [-0.05, 0) is 29.5 Å². The topological polar surface area (TPSA) is 75.3 Å². The van der Waals surface area contributed by atoms with Crippen LogP contribution in [0.1, 0.15) is 27.0 Å². The number of H-pyrrole nitrogens is 1. The summed E-state index contributed by atoms with van der Waals surface area (Å²) in [6.45, 7) is 0.464. The molecule has 3 heterocycles.